The van der Waals surface area contributed by atoms with E-state index in [1.165, 1.54) is 4.90 Å². The molecule has 0 atom stereocenters. The van der Waals surface area contributed by atoms with Gasteiger partial charge in [-0.3, -0.25) is 0 Å². The average molecular weight is 401 g/mol. The number of aryl methyl sites for hydroxylation is 1. The van der Waals surface area contributed by atoms with Gasteiger partial charge in [0.25, 0.3) is 0 Å². The minimum Gasteiger partial charge on any atom is -0.455 e. The van der Waals surface area contributed by atoms with Crippen LogP contribution in [-0.2, 0) is 0 Å². The minimum atomic E-state index is 0.713. The van der Waals surface area contributed by atoms with Gasteiger partial charge in [0.1, 0.15) is 22.8 Å². The zero-order valence-electron chi connectivity index (χ0n) is 16.2. The fourth-order valence-electron chi connectivity index (χ4n) is 3.56. The molecule has 0 spiro atoms. The Hall–Kier alpha value is -3.25. The number of rotatable bonds is 5. The zero-order valence-corrected chi connectivity index (χ0v) is 17.0. The van der Waals surface area contributed by atoms with Gasteiger partial charge in [0, 0.05) is 39.3 Å². The van der Waals surface area contributed by atoms with Crippen LogP contribution in [0.5, 0.6) is 11.5 Å². The molecule has 5 rings (SSSR count). The molecule has 29 heavy (non-hydrogen) atoms. The molecule has 2 N–H and O–H groups in total. The summed E-state index contributed by atoms with van der Waals surface area (Å²) in [6.07, 6.45) is 5.56. The van der Waals surface area contributed by atoms with Crippen molar-refractivity contribution in [2.45, 2.75) is 18.7 Å². The lowest BCUT2D eigenvalue weighted by molar-refractivity contribution is 0.483. The van der Waals surface area contributed by atoms with Crippen molar-refractivity contribution in [2.24, 2.45) is 0 Å². The summed E-state index contributed by atoms with van der Waals surface area (Å²) in [5.41, 5.74) is 4.86. The summed E-state index contributed by atoms with van der Waals surface area (Å²) < 4.78 is 6.32. The fourth-order valence-corrected chi connectivity index (χ4v) is 4.25. The Bertz CT molecular complexity index is 1320. The number of pyridine rings is 2. The van der Waals surface area contributed by atoms with Crippen LogP contribution in [0.2, 0.25) is 0 Å². The molecular weight excluding hydrogens is 380 g/mol. The van der Waals surface area contributed by atoms with Gasteiger partial charge in [-0.2, -0.15) is 0 Å². The number of fused-ring (bicyclic) bond motifs is 2. The number of benzene rings is 1. The summed E-state index contributed by atoms with van der Waals surface area (Å²) in [5.74, 6) is 2.53. The number of aromatic amines is 2. The molecule has 4 heterocycles. The molecule has 0 bridgehead atoms. The Kier molecular flexibility index (Phi) is 4.48. The van der Waals surface area contributed by atoms with Crippen LogP contribution in [-0.4, -0.2) is 25.7 Å². The van der Waals surface area contributed by atoms with E-state index in [1.807, 2.05) is 49.3 Å². The number of ether oxygens (including phenoxy) is 1. The lowest BCUT2D eigenvalue weighted by atomic mass is 10.0. The normalized spacial score (nSPS) is 11.4. The van der Waals surface area contributed by atoms with Crippen molar-refractivity contribution in [3.63, 3.8) is 0 Å². The van der Waals surface area contributed by atoms with Crippen molar-refractivity contribution in [3.05, 3.63) is 66.7 Å². The van der Waals surface area contributed by atoms with Gasteiger partial charge in [-0.1, -0.05) is 6.92 Å². The first-order chi connectivity index (χ1) is 14.2. The number of H-pyrrole nitrogens is 2. The van der Waals surface area contributed by atoms with Gasteiger partial charge in [0.2, 0.25) is 0 Å². The molecule has 0 saturated carbocycles. The van der Waals surface area contributed by atoms with Crippen LogP contribution in [0.1, 0.15) is 12.6 Å². The second kappa shape index (κ2) is 7.29. The van der Waals surface area contributed by atoms with Gasteiger partial charge in [-0.25, -0.2) is 9.97 Å². The third-order valence-electron chi connectivity index (χ3n) is 4.81. The van der Waals surface area contributed by atoms with Crippen LogP contribution in [0.3, 0.4) is 0 Å². The molecule has 0 amide bonds. The number of nitrogens with one attached hydrogen (secondary N) is 2. The first-order valence-corrected chi connectivity index (χ1v) is 10.5. The third kappa shape index (κ3) is 3.36. The highest BCUT2D eigenvalue weighted by Crippen LogP contribution is 2.39. The van der Waals surface area contributed by atoms with Gasteiger partial charge in [0.05, 0.1) is 6.20 Å². The highest BCUT2D eigenvalue weighted by atomic mass is 32.2. The molecule has 6 heteroatoms. The van der Waals surface area contributed by atoms with Gasteiger partial charge in [-0.05, 0) is 60.7 Å². The van der Waals surface area contributed by atoms with Crippen LogP contribution in [0.15, 0.2) is 66.0 Å². The van der Waals surface area contributed by atoms with Crippen LogP contribution < -0.4 is 4.74 Å². The maximum Gasteiger partial charge on any atom is 0.146 e. The summed E-state index contributed by atoms with van der Waals surface area (Å²) in [6.45, 7) is 4.17. The zero-order chi connectivity index (χ0) is 19.8. The summed E-state index contributed by atoms with van der Waals surface area (Å²) in [4.78, 5) is 16.6. The number of hydrogen-bond donors (Lipinski definition) is 2. The summed E-state index contributed by atoms with van der Waals surface area (Å²) in [5, 5.41) is 2.10. The summed E-state index contributed by atoms with van der Waals surface area (Å²) >= 11 is 1.82. The molecule has 5 aromatic rings. The number of aromatic nitrogens is 4. The van der Waals surface area contributed by atoms with Crippen LogP contribution in [0, 0.1) is 6.92 Å². The van der Waals surface area contributed by atoms with Crippen molar-refractivity contribution in [3.8, 4) is 22.6 Å². The maximum atomic E-state index is 6.32. The highest BCUT2D eigenvalue weighted by molar-refractivity contribution is 7.99. The van der Waals surface area contributed by atoms with Crippen molar-refractivity contribution in [1.29, 1.82) is 0 Å². The van der Waals surface area contributed by atoms with Crippen LogP contribution >= 0.6 is 11.8 Å². The molecule has 4 aromatic heterocycles. The Labute approximate surface area is 172 Å². The lowest BCUT2D eigenvalue weighted by Crippen LogP contribution is -1.93. The summed E-state index contributed by atoms with van der Waals surface area (Å²) in [6, 6.07) is 14.5. The molecule has 0 radical (unpaired) electrons. The molecular formula is C23H20N4OS. The second-order valence-electron chi connectivity index (χ2n) is 6.83. The molecule has 0 aliphatic carbocycles. The topological polar surface area (TPSA) is 66.6 Å². The molecule has 0 unspecified atom stereocenters. The SMILES string of the molecule is CCSc1ccc(Oc2cnc3[nH]ccc3c2)c(-c2cc(C)nc3[nH]ccc23)c1. The largest absolute Gasteiger partial charge is 0.455 e. The van der Waals surface area contributed by atoms with E-state index in [2.05, 4.69) is 51.1 Å². The quantitative estimate of drug-likeness (QED) is 0.339. The first kappa shape index (κ1) is 17.8. The van der Waals surface area contributed by atoms with Crippen molar-refractivity contribution in [2.75, 3.05) is 5.75 Å². The molecule has 5 nitrogen and oxygen atoms in total. The van der Waals surface area contributed by atoms with Gasteiger partial charge in [-0.15, -0.1) is 11.8 Å². The van der Waals surface area contributed by atoms with Gasteiger partial charge in [0.15, 0.2) is 0 Å². The molecule has 0 aliphatic rings. The Morgan fingerprint density at radius 2 is 1.83 bits per heavy atom. The fraction of sp³-hybridized carbons (Fsp3) is 0.130. The molecule has 0 saturated heterocycles. The monoisotopic (exact) mass is 400 g/mol. The number of nitrogens with zero attached hydrogens (tertiary/aromatic N) is 2. The van der Waals surface area contributed by atoms with E-state index < -0.39 is 0 Å². The van der Waals surface area contributed by atoms with E-state index in [1.54, 1.807) is 6.20 Å². The Balaban J connectivity index is 1.66. The van der Waals surface area contributed by atoms with Gasteiger partial charge >= 0.3 is 0 Å². The Morgan fingerprint density at radius 1 is 0.966 bits per heavy atom. The first-order valence-electron chi connectivity index (χ1n) is 9.54. The van der Waals surface area contributed by atoms with E-state index in [0.29, 0.717) is 5.75 Å². The van der Waals surface area contributed by atoms with E-state index in [4.69, 9.17) is 4.74 Å². The molecule has 0 aliphatic heterocycles. The third-order valence-corrected chi connectivity index (χ3v) is 5.69. The molecule has 1 aromatic carbocycles. The minimum absolute atomic E-state index is 0.713. The standard InChI is InChI=1S/C23H20N4OS/c1-3-29-17-4-5-21(28-16-11-15-6-8-24-22(15)26-13-16)20(12-17)19-10-14(2)27-23-18(19)7-9-25-23/h4-13H,3H2,1-2H3,(H,24,26)(H,25,27). The summed E-state index contributed by atoms with van der Waals surface area (Å²) in [7, 11) is 0. The van der Waals surface area contributed by atoms with Crippen molar-refractivity contribution in [1.82, 2.24) is 19.9 Å². The van der Waals surface area contributed by atoms with E-state index in [0.717, 1.165) is 50.4 Å². The maximum absolute atomic E-state index is 6.32. The van der Waals surface area contributed by atoms with E-state index >= 15 is 0 Å². The Morgan fingerprint density at radius 3 is 2.72 bits per heavy atom. The predicted molar refractivity (Wildman–Crippen MR) is 119 cm³/mol. The van der Waals surface area contributed by atoms with Crippen molar-refractivity contribution >= 4 is 33.8 Å². The number of hydrogen-bond acceptors (Lipinski definition) is 4. The predicted octanol–water partition coefficient (Wildman–Crippen LogP) is 6.32. The van der Waals surface area contributed by atoms with Gasteiger partial charge < -0.3 is 14.7 Å². The lowest BCUT2D eigenvalue weighted by Gasteiger charge is -2.14. The smallest absolute Gasteiger partial charge is 0.146 e. The van der Waals surface area contributed by atoms with Crippen LogP contribution in [0.25, 0.3) is 33.2 Å². The van der Waals surface area contributed by atoms with Crippen LogP contribution in [0.4, 0.5) is 0 Å². The van der Waals surface area contributed by atoms with Crippen molar-refractivity contribution < 1.29 is 4.74 Å². The number of thioether (sulfide) groups is 1. The highest BCUT2D eigenvalue weighted by Gasteiger charge is 2.15. The average Bonchev–Trinajstić information content (AvgIpc) is 3.37. The van der Waals surface area contributed by atoms with E-state index in [-0.39, 0.29) is 0 Å². The second-order valence-corrected chi connectivity index (χ2v) is 8.17. The molecule has 144 valence electrons. The van der Waals surface area contributed by atoms with E-state index in [9.17, 15) is 0 Å². The molecule has 0 fully saturated rings.